The Morgan fingerprint density at radius 1 is 1.19 bits per heavy atom. The van der Waals surface area contributed by atoms with Gasteiger partial charge >= 0.3 is 5.97 Å². The molecule has 2 heteroatoms. The highest BCUT2D eigenvalue weighted by Gasteiger charge is 2.37. The van der Waals surface area contributed by atoms with E-state index in [0.29, 0.717) is 0 Å². The number of cyclic esters (lactones) is 1. The highest BCUT2D eigenvalue weighted by Crippen LogP contribution is 2.26. The molecule has 0 spiro atoms. The predicted octanol–water partition coefficient (Wildman–Crippen LogP) is 3.85. The first-order chi connectivity index (χ1) is 7.75. The van der Waals surface area contributed by atoms with E-state index >= 15 is 0 Å². The largest absolute Gasteiger partial charge is 0.461 e. The fourth-order valence-electron chi connectivity index (χ4n) is 2.09. The van der Waals surface area contributed by atoms with Crippen LogP contribution in [-0.4, -0.2) is 12.1 Å². The molecule has 1 fully saturated rings. The zero-order valence-corrected chi connectivity index (χ0v) is 10.4. The van der Waals surface area contributed by atoms with Crippen LogP contribution in [0.15, 0.2) is 12.7 Å². The summed E-state index contributed by atoms with van der Waals surface area (Å²) in [5.74, 6) is 0.127. The SMILES string of the molecule is C=CCCCCCCCCC1OC(=O)C1C. The first-order valence-corrected chi connectivity index (χ1v) is 6.57. The van der Waals surface area contributed by atoms with Gasteiger partial charge in [0.1, 0.15) is 6.10 Å². The van der Waals surface area contributed by atoms with Crippen molar-refractivity contribution < 1.29 is 9.53 Å². The maximum Gasteiger partial charge on any atom is 0.312 e. The minimum absolute atomic E-state index is 0.0191. The van der Waals surface area contributed by atoms with Crippen molar-refractivity contribution >= 4 is 5.97 Å². The van der Waals surface area contributed by atoms with E-state index in [9.17, 15) is 4.79 Å². The van der Waals surface area contributed by atoms with E-state index in [1.54, 1.807) is 0 Å². The van der Waals surface area contributed by atoms with Crippen LogP contribution in [0.1, 0.15) is 58.3 Å². The van der Waals surface area contributed by atoms with Gasteiger partial charge in [0, 0.05) is 0 Å². The monoisotopic (exact) mass is 224 g/mol. The van der Waals surface area contributed by atoms with Gasteiger partial charge in [-0.2, -0.15) is 0 Å². The predicted molar refractivity (Wildman–Crippen MR) is 66.2 cm³/mol. The summed E-state index contributed by atoms with van der Waals surface area (Å²) >= 11 is 0. The number of hydrogen-bond donors (Lipinski definition) is 0. The van der Waals surface area contributed by atoms with Gasteiger partial charge in [0.15, 0.2) is 0 Å². The third-order valence-electron chi connectivity index (χ3n) is 3.34. The second kappa shape index (κ2) is 7.48. The molecule has 1 aliphatic heterocycles. The van der Waals surface area contributed by atoms with Gasteiger partial charge in [-0.05, 0) is 32.6 Å². The molecular formula is C14H24O2. The van der Waals surface area contributed by atoms with E-state index in [0.717, 1.165) is 12.8 Å². The maximum absolute atomic E-state index is 10.8. The van der Waals surface area contributed by atoms with Crippen molar-refractivity contribution in [2.45, 2.75) is 64.4 Å². The molecule has 2 atom stereocenters. The van der Waals surface area contributed by atoms with Gasteiger partial charge < -0.3 is 4.74 Å². The number of ether oxygens (including phenoxy) is 1. The topological polar surface area (TPSA) is 26.3 Å². The highest BCUT2D eigenvalue weighted by atomic mass is 16.6. The van der Waals surface area contributed by atoms with Gasteiger partial charge in [-0.1, -0.05) is 31.8 Å². The summed E-state index contributed by atoms with van der Waals surface area (Å²) in [6, 6.07) is 0. The highest BCUT2D eigenvalue weighted by molar-refractivity contribution is 5.77. The first kappa shape index (κ1) is 13.3. The summed E-state index contributed by atoms with van der Waals surface area (Å²) in [4.78, 5) is 10.8. The molecule has 0 aromatic heterocycles. The molecule has 0 aromatic carbocycles. The van der Waals surface area contributed by atoms with Crippen molar-refractivity contribution in [3.63, 3.8) is 0 Å². The average Bonchev–Trinajstić information content (AvgIpc) is 2.30. The average molecular weight is 224 g/mol. The quantitative estimate of drug-likeness (QED) is 0.338. The first-order valence-electron chi connectivity index (χ1n) is 6.57. The van der Waals surface area contributed by atoms with Gasteiger partial charge in [0.05, 0.1) is 5.92 Å². The Labute approximate surface area is 99.1 Å². The Morgan fingerprint density at radius 3 is 2.38 bits per heavy atom. The molecule has 0 aromatic rings. The van der Waals surface area contributed by atoms with Gasteiger partial charge in [0.25, 0.3) is 0 Å². The molecular weight excluding hydrogens is 200 g/mol. The van der Waals surface area contributed by atoms with E-state index in [4.69, 9.17) is 4.74 Å². The van der Waals surface area contributed by atoms with Crippen LogP contribution < -0.4 is 0 Å². The second-order valence-corrected chi connectivity index (χ2v) is 4.75. The second-order valence-electron chi connectivity index (χ2n) is 4.75. The lowest BCUT2D eigenvalue weighted by atomic mass is 9.94. The lowest BCUT2D eigenvalue weighted by Crippen LogP contribution is -2.42. The molecule has 0 radical (unpaired) electrons. The molecule has 1 heterocycles. The van der Waals surface area contributed by atoms with Crippen LogP contribution in [0, 0.1) is 5.92 Å². The van der Waals surface area contributed by atoms with Crippen LogP contribution in [0.25, 0.3) is 0 Å². The van der Waals surface area contributed by atoms with Gasteiger partial charge in [-0.3, -0.25) is 4.79 Å². The third-order valence-corrected chi connectivity index (χ3v) is 3.34. The summed E-state index contributed by atoms with van der Waals surface area (Å²) in [7, 11) is 0. The van der Waals surface area contributed by atoms with Crippen molar-refractivity contribution in [3.05, 3.63) is 12.7 Å². The molecule has 16 heavy (non-hydrogen) atoms. The number of rotatable bonds is 9. The lowest BCUT2D eigenvalue weighted by Gasteiger charge is -2.32. The molecule has 0 saturated carbocycles. The molecule has 1 saturated heterocycles. The molecule has 2 nitrogen and oxygen atoms in total. The number of allylic oxidation sites excluding steroid dienone is 1. The number of hydrogen-bond acceptors (Lipinski definition) is 2. The minimum atomic E-state index is -0.0191. The van der Waals surface area contributed by atoms with Crippen LogP contribution >= 0.6 is 0 Å². The zero-order valence-electron chi connectivity index (χ0n) is 10.4. The van der Waals surface area contributed by atoms with Gasteiger partial charge in [-0.15, -0.1) is 6.58 Å². The Bertz CT molecular complexity index is 223. The summed E-state index contributed by atoms with van der Waals surface area (Å²) in [5, 5.41) is 0. The van der Waals surface area contributed by atoms with Gasteiger partial charge in [0.2, 0.25) is 0 Å². The molecule has 92 valence electrons. The zero-order chi connectivity index (χ0) is 11.8. The number of unbranched alkanes of at least 4 members (excludes halogenated alkanes) is 6. The Hall–Kier alpha value is -0.790. The lowest BCUT2D eigenvalue weighted by molar-refractivity contribution is -0.183. The van der Waals surface area contributed by atoms with Crippen molar-refractivity contribution in [2.24, 2.45) is 5.92 Å². The summed E-state index contributed by atoms with van der Waals surface area (Å²) in [6.07, 6.45) is 12.1. The van der Waals surface area contributed by atoms with E-state index < -0.39 is 0 Å². The summed E-state index contributed by atoms with van der Waals surface area (Å²) < 4.78 is 5.06. The number of carbonyl (C=O) groups is 1. The van der Waals surface area contributed by atoms with Crippen LogP contribution in [0.2, 0.25) is 0 Å². The summed E-state index contributed by atoms with van der Waals surface area (Å²) in [6.45, 7) is 5.68. The Morgan fingerprint density at radius 2 is 1.81 bits per heavy atom. The summed E-state index contributed by atoms with van der Waals surface area (Å²) in [5.41, 5.74) is 0. The molecule has 1 rings (SSSR count). The third kappa shape index (κ3) is 4.38. The molecule has 0 bridgehead atoms. The van der Waals surface area contributed by atoms with E-state index in [2.05, 4.69) is 6.58 Å². The number of esters is 1. The van der Waals surface area contributed by atoms with Gasteiger partial charge in [-0.25, -0.2) is 0 Å². The molecule has 2 unspecified atom stereocenters. The molecule has 0 N–H and O–H groups in total. The molecule has 0 aliphatic carbocycles. The Kier molecular flexibility index (Phi) is 6.20. The fourth-order valence-corrected chi connectivity index (χ4v) is 2.09. The van der Waals surface area contributed by atoms with Crippen LogP contribution in [-0.2, 0) is 9.53 Å². The van der Waals surface area contributed by atoms with Crippen molar-refractivity contribution in [1.29, 1.82) is 0 Å². The van der Waals surface area contributed by atoms with Crippen molar-refractivity contribution in [3.8, 4) is 0 Å². The van der Waals surface area contributed by atoms with E-state index in [1.807, 2.05) is 13.0 Å². The van der Waals surface area contributed by atoms with E-state index in [1.165, 1.54) is 38.5 Å². The van der Waals surface area contributed by atoms with Crippen LogP contribution in [0.4, 0.5) is 0 Å². The normalized spacial score (nSPS) is 23.7. The van der Waals surface area contributed by atoms with Crippen molar-refractivity contribution in [2.75, 3.05) is 0 Å². The minimum Gasteiger partial charge on any atom is -0.461 e. The fraction of sp³-hybridized carbons (Fsp3) is 0.786. The Balaban J connectivity index is 1.82. The van der Waals surface area contributed by atoms with Crippen LogP contribution in [0.5, 0.6) is 0 Å². The molecule has 0 amide bonds. The van der Waals surface area contributed by atoms with E-state index in [-0.39, 0.29) is 18.0 Å². The van der Waals surface area contributed by atoms with Crippen molar-refractivity contribution in [1.82, 2.24) is 0 Å². The smallest absolute Gasteiger partial charge is 0.312 e. The van der Waals surface area contributed by atoms with Crippen LogP contribution in [0.3, 0.4) is 0 Å². The molecule has 1 aliphatic rings. The maximum atomic E-state index is 10.8. The standard InChI is InChI=1S/C14H24O2/c1-3-4-5-6-7-8-9-10-11-13-12(2)14(15)16-13/h3,12-13H,1,4-11H2,2H3. The number of carbonyl (C=O) groups excluding carboxylic acids is 1.